The number of urea groups is 1. The molecule has 0 aromatic heterocycles. The molecule has 21 heavy (non-hydrogen) atoms. The molecule has 3 heterocycles. The third kappa shape index (κ3) is 2.74. The second-order valence-corrected chi connectivity index (χ2v) is 5.94. The zero-order chi connectivity index (χ0) is 15.0. The highest BCUT2D eigenvalue weighted by molar-refractivity contribution is 5.89. The maximum Gasteiger partial charge on any atom is 0.407 e. The first kappa shape index (κ1) is 14.0. The van der Waals surface area contributed by atoms with Gasteiger partial charge in [-0.1, -0.05) is 0 Å². The molecule has 4 amide bonds. The molecule has 0 aromatic carbocycles. The van der Waals surface area contributed by atoms with Crippen molar-refractivity contribution in [3.05, 3.63) is 0 Å². The Bertz CT molecular complexity index is 461. The van der Waals surface area contributed by atoms with Crippen LogP contribution in [-0.4, -0.2) is 70.7 Å². The summed E-state index contributed by atoms with van der Waals surface area (Å²) in [5.74, 6) is -0.112. The van der Waals surface area contributed by atoms with Crippen molar-refractivity contribution in [3.63, 3.8) is 0 Å². The Hall–Kier alpha value is -1.99. The van der Waals surface area contributed by atoms with Gasteiger partial charge in [0.15, 0.2) is 0 Å². The average molecular weight is 296 g/mol. The Kier molecular flexibility index (Phi) is 3.60. The van der Waals surface area contributed by atoms with Gasteiger partial charge in [0.1, 0.15) is 6.04 Å². The molecule has 3 aliphatic heterocycles. The third-order valence-corrected chi connectivity index (χ3v) is 4.58. The lowest BCUT2D eigenvalue weighted by molar-refractivity contribution is -0.127. The number of carboxylic acid groups (broad SMARTS) is 1. The van der Waals surface area contributed by atoms with Gasteiger partial charge < -0.3 is 25.5 Å². The molecular formula is C13H20N4O4. The van der Waals surface area contributed by atoms with Crippen LogP contribution in [0.2, 0.25) is 0 Å². The summed E-state index contributed by atoms with van der Waals surface area (Å²) in [7, 11) is 0. The number of piperidine rings is 2. The fraction of sp³-hybridized carbons (Fsp3) is 0.769. The number of hydrogen-bond donors (Lipinski definition) is 3. The van der Waals surface area contributed by atoms with Crippen LogP contribution >= 0.6 is 0 Å². The summed E-state index contributed by atoms with van der Waals surface area (Å²) in [6.45, 7) is 1.49. The molecule has 3 saturated heterocycles. The van der Waals surface area contributed by atoms with Gasteiger partial charge in [-0.15, -0.1) is 0 Å². The van der Waals surface area contributed by atoms with E-state index in [9.17, 15) is 14.4 Å². The summed E-state index contributed by atoms with van der Waals surface area (Å²) >= 11 is 0. The van der Waals surface area contributed by atoms with Gasteiger partial charge in [-0.2, -0.15) is 0 Å². The second kappa shape index (κ2) is 5.42. The van der Waals surface area contributed by atoms with E-state index in [1.54, 1.807) is 4.90 Å². The van der Waals surface area contributed by atoms with Gasteiger partial charge >= 0.3 is 12.1 Å². The molecule has 0 aliphatic carbocycles. The topological polar surface area (TPSA) is 102 Å². The summed E-state index contributed by atoms with van der Waals surface area (Å²) in [5, 5.41) is 14.7. The van der Waals surface area contributed by atoms with Crippen LogP contribution in [0.15, 0.2) is 0 Å². The van der Waals surface area contributed by atoms with Gasteiger partial charge in [-0.3, -0.25) is 4.79 Å². The first-order valence-electron chi connectivity index (χ1n) is 7.40. The highest BCUT2D eigenvalue weighted by atomic mass is 16.4. The predicted octanol–water partition coefficient (Wildman–Crippen LogP) is -0.199. The maximum atomic E-state index is 12.4. The van der Waals surface area contributed by atoms with Crippen molar-refractivity contribution >= 4 is 18.0 Å². The van der Waals surface area contributed by atoms with Crippen LogP contribution in [0.4, 0.5) is 9.59 Å². The number of nitrogens with zero attached hydrogens (tertiary/aromatic N) is 2. The van der Waals surface area contributed by atoms with Gasteiger partial charge in [0.25, 0.3) is 0 Å². The van der Waals surface area contributed by atoms with Crippen molar-refractivity contribution in [1.82, 2.24) is 20.4 Å². The highest BCUT2D eigenvalue weighted by Crippen LogP contribution is 2.23. The minimum atomic E-state index is -0.910. The average Bonchev–Trinajstić information content (AvgIpc) is 2.74. The fourth-order valence-electron chi connectivity index (χ4n) is 3.36. The SMILES string of the molecule is O=C(NC1CCN(C(=O)O)CC1)[C@@H]1CC[C@@H]2CN1C(=O)N2. The summed E-state index contributed by atoms with van der Waals surface area (Å²) in [6.07, 6.45) is 1.85. The molecule has 2 bridgehead atoms. The minimum Gasteiger partial charge on any atom is -0.465 e. The summed E-state index contributed by atoms with van der Waals surface area (Å²) < 4.78 is 0. The Morgan fingerprint density at radius 2 is 1.90 bits per heavy atom. The number of amides is 4. The Morgan fingerprint density at radius 1 is 1.19 bits per heavy atom. The van der Waals surface area contributed by atoms with E-state index >= 15 is 0 Å². The monoisotopic (exact) mass is 296 g/mol. The lowest BCUT2D eigenvalue weighted by atomic mass is 9.99. The van der Waals surface area contributed by atoms with Crippen LogP contribution in [-0.2, 0) is 4.79 Å². The van der Waals surface area contributed by atoms with E-state index in [2.05, 4.69) is 10.6 Å². The van der Waals surface area contributed by atoms with Crippen LogP contribution < -0.4 is 10.6 Å². The predicted molar refractivity (Wildman–Crippen MR) is 72.8 cm³/mol. The lowest BCUT2D eigenvalue weighted by Gasteiger charge is -2.34. The van der Waals surface area contributed by atoms with E-state index in [0.717, 1.165) is 6.42 Å². The molecule has 0 spiro atoms. The van der Waals surface area contributed by atoms with Crippen LogP contribution in [0.25, 0.3) is 0 Å². The van der Waals surface area contributed by atoms with E-state index in [-0.39, 0.29) is 30.1 Å². The van der Waals surface area contributed by atoms with Gasteiger partial charge in [-0.05, 0) is 25.7 Å². The van der Waals surface area contributed by atoms with E-state index in [1.165, 1.54) is 4.90 Å². The molecule has 8 nitrogen and oxygen atoms in total. The number of rotatable bonds is 2. The van der Waals surface area contributed by atoms with E-state index in [1.807, 2.05) is 0 Å². The minimum absolute atomic E-state index is 0.00325. The number of likely N-dealkylation sites (tertiary alicyclic amines) is 1. The van der Waals surface area contributed by atoms with E-state index in [4.69, 9.17) is 5.11 Å². The van der Waals surface area contributed by atoms with Crippen LogP contribution in [0.1, 0.15) is 25.7 Å². The zero-order valence-electron chi connectivity index (χ0n) is 11.7. The molecule has 8 heteroatoms. The first-order chi connectivity index (χ1) is 10.0. The number of nitrogens with one attached hydrogen (secondary N) is 2. The number of carbonyl (C=O) groups is 3. The molecule has 0 unspecified atom stereocenters. The quantitative estimate of drug-likeness (QED) is 0.657. The zero-order valence-corrected chi connectivity index (χ0v) is 11.7. The van der Waals surface area contributed by atoms with E-state index in [0.29, 0.717) is 38.9 Å². The second-order valence-electron chi connectivity index (χ2n) is 5.94. The molecule has 116 valence electrons. The standard InChI is InChI=1S/C13H20N4O4/c18-11(10-2-1-9-7-17(10)12(19)15-9)14-8-3-5-16(6-4-8)13(20)21/h8-10H,1-7H2,(H,14,18)(H,15,19)(H,20,21)/t9-,10+/m1/s1. The Labute approximate surface area is 122 Å². The lowest BCUT2D eigenvalue weighted by Crippen LogP contribution is -2.54. The van der Waals surface area contributed by atoms with Gasteiger partial charge in [0.05, 0.1) is 0 Å². The number of hydrogen-bond acceptors (Lipinski definition) is 3. The molecule has 3 aliphatic rings. The fourth-order valence-corrected chi connectivity index (χ4v) is 3.36. The molecule has 0 aromatic rings. The Balaban J connectivity index is 1.53. The third-order valence-electron chi connectivity index (χ3n) is 4.58. The first-order valence-corrected chi connectivity index (χ1v) is 7.40. The summed E-state index contributed by atoms with van der Waals surface area (Å²) in [4.78, 5) is 37.9. The summed E-state index contributed by atoms with van der Waals surface area (Å²) in [6, 6.07) is -0.364. The molecule has 2 atom stereocenters. The van der Waals surface area contributed by atoms with Crippen molar-refractivity contribution < 1.29 is 19.5 Å². The van der Waals surface area contributed by atoms with Crippen molar-refractivity contribution in [1.29, 1.82) is 0 Å². The molecule has 0 saturated carbocycles. The highest BCUT2D eigenvalue weighted by Gasteiger charge is 2.42. The van der Waals surface area contributed by atoms with Crippen molar-refractivity contribution in [2.24, 2.45) is 0 Å². The Morgan fingerprint density at radius 3 is 2.57 bits per heavy atom. The smallest absolute Gasteiger partial charge is 0.407 e. The van der Waals surface area contributed by atoms with Crippen LogP contribution in [0.5, 0.6) is 0 Å². The maximum absolute atomic E-state index is 12.4. The molecule has 0 radical (unpaired) electrons. The summed E-state index contributed by atoms with van der Waals surface area (Å²) in [5.41, 5.74) is 0. The van der Waals surface area contributed by atoms with E-state index < -0.39 is 6.09 Å². The normalized spacial score (nSPS) is 29.2. The van der Waals surface area contributed by atoms with Gasteiger partial charge in [0.2, 0.25) is 5.91 Å². The number of carbonyl (C=O) groups excluding carboxylic acids is 2. The van der Waals surface area contributed by atoms with Gasteiger partial charge in [-0.25, -0.2) is 9.59 Å². The molecule has 3 rings (SSSR count). The van der Waals surface area contributed by atoms with Crippen LogP contribution in [0.3, 0.4) is 0 Å². The molecule has 3 fully saturated rings. The largest absolute Gasteiger partial charge is 0.465 e. The van der Waals surface area contributed by atoms with Gasteiger partial charge in [0, 0.05) is 31.7 Å². The van der Waals surface area contributed by atoms with Crippen molar-refractivity contribution in [2.45, 2.75) is 43.8 Å². The van der Waals surface area contributed by atoms with Crippen molar-refractivity contribution in [2.75, 3.05) is 19.6 Å². The molecular weight excluding hydrogens is 276 g/mol. The number of fused-ring (bicyclic) bond motifs is 2. The van der Waals surface area contributed by atoms with Crippen LogP contribution in [0, 0.1) is 0 Å². The molecule has 3 N–H and O–H groups in total. The van der Waals surface area contributed by atoms with Crippen molar-refractivity contribution in [3.8, 4) is 0 Å².